The third-order valence-electron chi connectivity index (χ3n) is 17.4. The lowest BCUT2D eigenvalue weighted by Crippen LogP contribution is -2.61. The molecule has 7 nitrogen and oxygen atoms in total. The fraction of sp³-hybridized carbons (Fsp3) is 0. The molecule has 88 heavy (non-hydrogen) atoms. The van der Waals surface area contributed by atoms with Gasteiger partial charge in [-0.05, 0) is 119 Å². The van der Waals surface area contributed by atoms with Crippen LogP contribution in [0.3, 0.4) is 0 Å². The van der Waals surface area contributed by atoms with Gasteiger partial charge < -0.3 is 14.4 Å². The van der Waals surface area contributed by atoms with Gasteiger partial charge in [-0.25, -0.2) is 19.9 Å². The average molecular weight is 1120 g/mol. The molecule has 17 rings (SSSR count). The first-order chi connectivity index (χ1) is 43.6. The van der Waals surface area contributed by atoms with Gasteiger partial charge in [0.15, 0.2) is 11.6 Å². The molecule has 0 saturated heterocycles. The van der Waals surface area contributed by atoms with E-state index in [1.807, 2.05) is 30.3 Å². The largest absolute Gasteiger partial charge is 0.311 e. The molecule has 2 aliphatic heterocycles. The molecular weight excluding hydrogens is 1070 g/mol. The predicted octanol–water partition coefficient (Wildman–Crippen LogP) is 18.1. The van der Waals surface area contributed by atoms with Crippen molar-refractivity contribution in [1.82, 2.24) is 24.5 Å². The van der Waals surface area contributed by atoms with Crippen LogP contribution in [0.5, 0.6) is 0 Å². The van der Waals surface area contributed by atoms with E-state index in [9.17, 15) is 0 Å². The number of para-hydroxylation sites is 5. The third kappa shape index (κ3) is 8.60. The molecule has 0 radical (unpaired) electrons. The van der Waals surface area contributed by atoms with Crippen LogP contribution in [-0.4, -0.2) is 31.2 Å². The Morgan fingerprint density at radius 2 is 0.670 bits per heavy atom. The van der Waals surface area contributed by atoms with Crippen LogP contribution in [0, 0.1) is 0 Å². The standard InChI is InChI=1S/C80H52BN7/c1-5-23-54(24-6-1)67-51-69(84-79(82-67)56-27-9-3-10-28-56)58-45-48-73(88-71-37-17-13-33-62(71)63-34-14-18-38-72(63)88)64(50-58)70-52-68(55-25-7-2-8-26-55)83-80(85-70)59-30-21-29-57(49-59)53-43-46-61(47-44-53)87-75-40-20-16-36-66(75)81-65-35-15-19-39-74(65)86(60-31-11-4-12-32-60)76-41-22-42-77(87)78(76)81/h1-52H. The predicted molar refractivity (Wildman–Crippen MR) is 364 cm³/mol. The molecule has 0 N–H and O–H groups in total. The summed E-state index contributed by atoms with van der Waals surface area (Å²) < 4.78 is 2.38. The van der Waals surface area contributed by atoms with Crippen molar-refractivity contribution in [3.05, 3.63) is 315 Å². The summed E-state index contributed by atoms with van der Waals surface area (Å²) >= 11 is 0. The highest BCUT2D eigenvalue weighted by Gasteiger charge is 2.42. The van der Waals surface area contributed by atoms with Crippen LogP contribution < -0.4 is 26.2 Å². The van der Waals surface area contributed by atoms with Gasteiger partial charge in [0, 0.05) is 78.3 Å². The first-order valence-electron chi connectivity index (χ1n) is 29.9. The van der Waals surface area contributed by atoms with Crippen LogP contribution in [0.1, 0.15) is 0 Å². The number of hydrogen-bond donors (Lipinski definition) is 0. The topological polar surface area (TPSA) is 63.0 Å². The second kappa shape index (κ2) is 21.1. The monoisotopic (exact) mass is 1120 g/mol. The lowest BCUT2D eigenvalue weighted by molar-refractivity contribution is 1.15. The van der Waals surface area contributed by atoms with Crippen molar-refractivity contribution < 1.29 is 0 Å². The van der Waals surface area contributed by atoms with Gasteiger partial charge in [0.1, 0.15) is 0 Å². The molecule has 0 unspecified atom stereocenters. The maximum atomic E-state index is 5.64. The van der Waals surface area contributed by atoms with Crippen LogP contribution in [0.25, 0.3) is 106 Å². The van der Waals surface area contributed by atoms with E-state index >= 15 is 0 Å². The van der Waals surface area contributed by atoms with E-state index in [4.69, 9.17) is 19.9 Å². The Kier molecular flexibility index (Phi) is 12.2. The molecule has 410 valence electrons. The van der Waals surface area contributed by atoms with Crippen LogP contribution in [0.4, 0.5) is 34.1 Å². The molecule has 12 aromatic carbocycles. The summed E-state index contributed by atoms with van der Waals surface area (Å²) in [4.78, 5) is 26.4. The summed E-state index contributed by atoms with van der Waals surface area (Å²) in [6, 6.07) is 112. The smallest absolute Gasteiger partial charge is 0.252 e. The van der Waals surface area contributed by atoms with Gasteiger partial charge in [0.05, 0.1) is 39.5 Å². The average Bonchev–Trinajstić information content (AvgIpc) is 2.25. The zero-order valence-corrected chi connectivity index (χ0v) is 47.7. The maximum absolute atomic E-state index is 5.64. The van der Waals surface area contributed by atoms with Gasteiger partial charge in [-0.2, -0.15) is 0 Å². The Bertz CT molecular complexity index is 5060. The van der Waals surface area contributed by atoms with Gasteiger partial charge in [-0.3, -0.25) is 0 Å². The molecule has 5 heterocycles. The Morgan fingerprint density at radius 1 is 0.250 bits per heavy atom. The number of rotatable bonds is 10. The fourth-order valence-electron chi connectivity index (χ4n) is 13.4. The minimum atomic E-state index is 0.0730. The Hall–Kier alpha value is -11.7. The molecule has 0 amide bonds. The van der Waals surface area contributed by atoms with Crippen LogP contribution in [-0.2, 0) is 0 Å². The summed E-state index contributed by atoms with van der Waals surface area (Å²) in [5.74, 6) is 1.27. The Morgan fingerprint density at radius 3 is 1.27 bits per heavy atom. The van der Waals surface area contributed by atoms with Crippen LogP contribution >= 0.6 is 0 Å². The van der Waals surface area contributed by atoms with Gasteiger partial charge in [0.2, 0.25) is 0 Å². The summed E-state index contributed by atoms with van der Waals surface area (Å²) in [7, 11) is 0. The lowest BCUT2D eigenvalue weighted by Gasteiger charge is -2.44. The summed E-state index contributed by atoms with van der Waals surface area (Å²) in [5, 5.41) is 2.36. The van der Waals surface area contributed by atoms with Gasteiger partial charge in [0.25, 0.3) is 6.71 Å². The van der Waals surface area contributed by atoms with Gasteiger partial charge in [-0.15, -0.1) is 0 Å². The quantitative estimate of drug-likeness (QED) is 0.127. The maximum Gasteiger partial charge on any atom is 0.252 e. The Labute approximate surface area is 510 Å². The fourth-order valence-corrected chi connectivity index (χ4v) is 13.4. The van der Waals surface area contributed by atoms with Gasteiger partial charge in [-0.1, -0.05) is 224 Å². The highest BCUT2D eigenvalue weighted by molar-refractivity contribution is 7.00. The molecule has 0 saturated carbocycles. The first-order valence-corrected chi connectivity index (χ1v) is 29.9. The molecule has 2 aliphatic rings. The van der Waals surface area contributed by atoms with Crippen LogP contribution in [0.2, 0.25) is 0 Å². The van der Waals surface area contributed by atoms with Crippen molar-refractivity contribution in [2.24, 2.45) is 0 Å². The number of nitrogens with zero attached hydrogens (tertiary/aromatic N) is 7. The van der Waals surface area contributed by atoms with E-state index in [0.717, 1.165) is 95.4 Å². The van der Waals surface area contributed by atoms with Gasteiger partial charge >= 0.3 is 0 Å². The van der Waals surface area contributed by atoms with Crippen molar-refractivity contribution >= 4 is 79.0 Å². The zero-order valence-electron chi connectivity index (χ0n) is 47.7. The first kappa shape index (κ1) is 50.8. The molecule has 15 aromatic rings. The molecule has 0 atom stereocenters. The zero-order chi connectivity index (χ0) is 58.1. The molecule has 0 fully saturated rings. The molecule has 0 spiro atoms. The number of hydrogen-bond acceptors (Lipinski definition) is 6. The van der Waals surface area contributed by atoms with E-state index in [-0.39, 0.29) is 6.71 Å². The SMILES string of the molecule is c1ccc(-c2cc(-c3ccc(-n4c5ccccc5c5ccccc54)c(-c4cc(-c5ccccc5)nc(-c5cccc(-c6ccc(N7c8ccccc8B8c9ccccc9N(c9ccccc9)c9cccc7c98)cc6)c5)n4)c3)nc(-c3ccccc3)n2)cc1. The van der Waals surface area contributed by atoms with Crippen molar-refractivity contribution in [3.63, 3.8) is 0 Å². The highest BCUT2D eigenvalue weighted by Crippen LogP contribution is 2.45. The van der Waals surface area contributed by atoms with E-state index in [0.29, 0.717) is 11.6 Å². The molecule has 0 aliphatic carbocycles. The second-order valence-corrected chi connectivity index (χ2v) is 22.5. The van der Waals surface area contributed by atoms with Crippen molar-refractivity contribution in [2.75, 3.05) is 9.80 Å². The molecule has 3 aromatic heterocycles. The molecule has 0 bridgehead atoms. The minimum Gasteiger partial charge on any atom is -0.311 e. The van der Waals surface area contributed by atoms with E-state index < -0.39 is 0 Å². The van der Waals surface area contributed by atoms with E-state index in [1.54, 1.807) is 0 Å². The van der Waals surface area contributed by atoms with Crippen molar-refractivity contribution in [3.8, 4) is 84.6 Å². The minimum absolute atomic E-state index is 0.0730. The number of benzene rings is 12. The van der Waals surface area contributed by atoms with Crippen molar-refractivity contribution in [1.29, 1.82) is 0 Å². The lowest BCUT2D eigenvalue weighted by atomic mass is 9.33. The molecule has 8 heteroatoms. The van der Waals surface area contributed by atoms with Crippen LogP contribution in [0.15, 0.2) is 315 Å². The summed E-state index contributed by atoms with van der Waals surface area (Å²) in [6.45, 7) is 0.0730. The van der Waals surface area contributed by atoms with E-state index in [2.05, 4.69) is 299 Å². The Balaban J connectivity index is 0.805. The van der Waals surface area contributed by atoms with Crippen molar-refractivity contribution in [2.45, 2.75) is 0 Å². The van der Waals surface area contributed by atoms with E-state index in [1.165, 1.54) is 49.9 Å². The second-order valence-electron chi connectivity index (χ2n) is 22.5. The number of anilines is 6. The molecular formula is C80H52BN7. The summed E-state index contributed by atoms with van der Waals surface area (Å²) in [6.07, 6.45) is 0. The number of fused-ring (bicyclic) bond motifs is 7. The number of aromatic nitrogens is 5. The normalized spacial score (nSPS) is 12.2. The highest BCUT2D eigenvalue weighted by atomic mass is 15.2. The summed E-state index contributed by atoms with van der Waals surface area (Å²) in [5.41, 5.74) is 25.2. The third-order valence-corrected chi connectivity index (χ3v) is 17.4.